The minimum absolute atomic E-state index is 0.220. The molecule has 0 radical (unpaired) electrons. The van der Waals surface area contributed by atoms with E-state index in [-0.39, 0.29) is 11.8 Å². The van der Waals surface area contributed by atoms with Crippen molar-refractivity contribution in [1.82, 2.24) is 19.9 Å². The zero-order valence-electron chi connectivity index (χ0n) is 19.5. The maximum atomic E-state index is 13.2. The number of carbonyl (C=O) groups excluding carboxylic acids is 2. The van der Waals surface area contributed by atoms with E-state index in [0.717, 1.165) is 21.8 Å². The largest absolute Gasteiger partial charge is 0.496 e. The van der Waals surface area contributed by atoms with E-state index in [2.05, 4.69) is 20.3 Å². The first-order valence-electron chi connectivity index (χ1n) is 11.0. The summed E-state index contributed by atoms with van der Waals surface area (Å²) < 4.78 is 5.49. The summed E-state index contributed by atoms with van der Waals surface area (Å²) in [6, 6.07) is 12.9. The average molecular weight is 497 g/mol. The number of ether oxygens (including phenoxy) is 1. The number of carbonyl (C=O) groups is 2. The highest BCUT2D eigenvalue weighted by Gasteiger charge is 2.29. The molecule has 178 valence electrons. The van der Waals surface area contributed by atoms with Crippen molar-refractivity contribution in [3.05, 3.63) is 87.9 Å². The van der Waals surface area contributed by atoms with Crippen LogP contribution in [0.5, 0.6) is 5.75 Å². The summed E-state index contributed by atoms with van der Waals surface area (Å²) in [5.74, 6) is 0.108. The SMILES string of the molecule is COc1ccccc1-c1cc(C)ncc1C(=O)Nc1nc2c(s1)CN(C(=O)c1cncc(C#N)c1)C2. The summed E-state index contributed by atoms with van der Waals surface area (Å²) in [7, 11) is 1.59. The summed E-state index contributed by atoms with van der Waals surface area (Å²) >= 11 is 1.33. The molecule has 0 unspecified atom stereocenters. The predicted molar refractivity (Wildman–Crippen MR) is 134 cm³/mol. The lowest BCUT2D eigenvalue weighted by Gasteiger charge is -2.15. The lowest BCUT2D eigenvalue weighted by molar-refractivity contribution is 0.0750. The first-order valence-corrected chi connectivity index (χ1v) is 11.8. The Hall–Kier alpha value is -4.62. The summed E-state index contributed by atoms with van der Waals surface area (Å²) in [5.41, 5.74) is 4.11. The van der Waals surface area contributed by atoms with Gasteiger partial charge in [-0.2, -0.15) is 5.26 Å². The van der Waals surface area contributed by atoms with Crippen molar-refractivity contribution >= 4 is 28.3 Å². The summed E-state index contributed by atoms with van der Waals surface area (Å²) in [6.45, 7) is 2.55. The molecule has 4 heterocycles. The van der Waals surface area contributed by atoms with E-state index in [9.17, 15) is 9.59 Å². The molecule has 5 rings (SSSR count). The van der Waals surface area contributed by atoms with E-state index in [0.29, 0.717) is 46.2 Å². The highest BCUT2D eigenvalue weighted by Crippen LogP contribution is 2.35. The van der Waals surface area contributed by atoms with Crippen molar-refractivity contribution in [3.63, 3.8) is 0 Å². The molecule has 1 N–H and O–H groups in total. The quantitative estimate of drug-likeness (QED) is 0.440. The van der Waals surface area contributed by atoms with E-state index in [4.69, 9.17) is 10.00 Å². The number of pyridine rings is 2. The average Bonchev–Trinajstić information content (AvgIpc) is 3.47. The molecule has 1 aliphatic rings. The molecule has 0 atom stereocenters. The monoisotopic (exact) mass is 496 g/mol. The minimum Gasteiger partial charge on any atom is -0.496 e. The van der Waals surface area contributed by atoms with Gasteiger partial charge in [0.25, 0.3) is 11.8 Å². The van der Waals surface area contributed by atoms with Crippen molar-refractivity contribution in [2.45, 2.75) is 20.0 Å². The van der Waals surface area contributed by atoms with Crippen LogP contribution in [0.3, 0.4) is 0 Å². The number of amides is 2. The number of hydrogen-bond donors (Lipinski definition) is 1. The number of aromatic nitrogens is 3. The van der Waals surface area contributed by atoms with E-state index < -0.39 is 0 Å². The van der Waals surface area contributed by atoms with Gasteiger partial charge in [0.15, 0.2) is 5.13 Å². The fourth-order valence-corrected chi connectivity index (χ4v) is 5.01. The van der Waals surface area contributed by atoms with Crippen LogP contribution in [0.1, 0.15) is 42.5 Å². The summed E-state index contributed by atoms with van der Waals surface area (Å²) in [6.07, 6.45) is 4.41. The lowest BCUT2D eigenvalue weighted by Crippen LogP contribution is -2.25. The van der Waals surface area contributed by atoms with Crippen molar-refractivity contribution in [3.8, 4) is 22.9 Å². The maximum Gasteiger partial charge on any atom is 0.259 e. The smallest absolute Gasteiger partial charge is 0.259 e. The molecule has 0 saturated carbocycles. The zero-order valence-corrected chi connectivity index (χ0v) is 20.3. The van der Waals surface area contributed by atoms with Gasteiger partial charge in [0.2, 0.25) is 0 Å². The topological polar surface area (TPSA) is 121 Å². The highest BCUT2D eigenvalue weighted by atomic mass is 32.1. The van der Waals surface area contributed by atoms with Gasteiger partial charge in [-0.05, 0) is 25.1 Å². The van der Waals surface area contributed by atoms with Gasteiger partial charge in [-0.3, -0.25) is 24.9 Å². The first kappa shape index (κ1) is 23.1. The first-order chi connectivity index (χ1) is 17.5. The summed E-state index contributed by atoms with van der Waals surface area (Å²) in [5, 5.41) is 12.4. The van der Waals surface area contributed by atoms with Crippen LogP contribution in [-0.4, -0.2) is 38.8 Å². The van der Waals surface area contributed by atoms with Gasteiger partial charge in [-0.25, -0.2) is 4.98 Å². The second-order valence-corrected chi connectivity index (χ2v) is 9.23. The predicted octanol–water partition coefficient (Wildman–Crippen LogP) is 4.20. The molecule has 10 heteroatoms. The Morgan fingerprint density at radius 2 is 1.97 bits per heavy atom. The van der Waals surface area contributed by atoms with Crippen LogP contribution in [0.4, 0.5) is 5.13 Å². The van der Waals surface area contributed by atoms with Crippen molar-refractivity contribution in [2.75, 3.05) is 12.4 Å². The molecule has 0 spiro atoms. The van der Waals surface area contributed by atoms with Gasteiger partial charge in [-0.15, -0.1) is 0 Å². The Labute approximate surface area is 211 Å². The Morgan fingerprint density at radius 3 is 2.75 bits per heavy atom. The number of benzene rings is 1. The Balaban J connectivity index is 1.34. The molecule has 1 aliphatic heterocycles. The minimum atomic E-state index is -0.330. The third-order valence-corrected chi connectivity index (χ3v) is 6.76. The molecule has 0 aliphatic carbocycles. The fourth-order valence-electron chi connectivity index (χ4n) is 4.03. The fraction of sp³-hybridized carbons (Fsp3) is 0.154. The van der Waals surface area contributed by atoms with Crippen LogP contribution in [0, 0.1) is 18.3 Å². The number of nitriles is 1. The Morgan fingerprint density at radius 1 is 1.14 bits per heavy atom. The molecule has 0 fully saturated rings. The lowest BCUT2D eigenvalue weighted by atomic mass is 9.99. The third-order valence-electron chi connectivity index (χ3n) is 5.76. The number of anilines is 1. The van der Waals surface area contributed by atoms with E-state index in [1.165, 1.54) is 29.8 Å². The number of para-hydroxylation sites is 1. The van der Waals surface area contributed by atoms with Gasteiger partial charge < -0.3 is 9.64 Å². The van der Waals surface area contributed by atoms with Crippen LogP contribution in [0.25, 0.3) is 11.1 Å². The third kappa shape index (κ3) is 4.39. The summed E-state index contributed by atoms with van der Waals surface area (Å²) in [4.78, 5) is 41.5. The number of nitrogens with zero attached hydrogens (tertiary/aromatic N) is 5. The van der Waals surface area contributed by atoms with E-state index >= 15 is 0 Å². The number of methoxy groups -OCH3 is 1. The Kier molecular flexibility index (Phi) is 6.14. The highest BCUT2D eigenvalue weighted by molar-refractivity contribution is 7.16. The van der Waals surface area contributed by atoms with Gasteiger partial charge in [0, 0.05) is 35.4 Å². The second-order valence-electron chi connectivity index (χ2n) is 8.15. The number of hydrogen-bond acceptors (Lipinski definition) is 8. The molecule has 0 saturated heterocycles. The van der Waals surface area contributed by atoms with E-state index in [1.807, 2.05) is 43.3 Å². The van der Waals surface area contributed by atoms with Gasteiger partial charge in [0.1, 0.15) is 11.8 Å². The van der Waals surface area contributed by atoms with Crippen molar-refractivity contribution in [1.29, 1.82) is 5.26 Å². The standard InChI is InChI=1S/C26H20N6O3S/c1-15-7-19(18-5-3-4-6-22(18)35-2)20(12-29-15)24(33)31-26-30-21-13-32(14-23(21)36-26)25(34)17-8-16(9-27)10-28-11-17/h3-8,10-12H,13-14H2,1-2H3,(H,30,31,33). The molecule has 36 heavy (non-hydrogen) atoms. The second kappa shape index (κ2) is 9.56. The van der Waals surface area contributed by atoms with Gasteiger partial charge in [0.05, 0.1) is 47.5 Å². The molecule has 0 bridgehead atoms. The molecule has 3 aromatic heterocycles. The molecular weight excluding hydrogens is 476 g/mol. The van der Waals surface area contributed by atoms with Crippen molar-refractivity contribution in [2.24, 2.45) is 0 Å². The molecule has 1 aromatic carbocycles. The van der Waals surface area contributed by atoms with Crippen LogP contribution >= 0.6 is 11.3 Å². The van der Waals surface area contributed by atoms with Crippen LogP contribution in [0.15, 0.2) is 55.0 Å². The van der Waals surface area contributed by atoms with Crippen LogP contribution in [-0.2, 0) is 13.1 Å². The van der Waals surface area contributed by atoms with Crippen LogP contribution in [0.2, 0.25) is 0 Å². The molecular formula is C26H20N6O3S. The van der Waals surface area contributed by atoms with Gasteiger partial charge >= 0.3 is 0 Å². The number of fused-ring (bicyclic) bond motifs is 1. The Bertz CT molecular complexity index is 1520. The van der Waals surface area contributed by atoms with Crippen molar-refractivity contribution < 1.29 is 14.3 Å². The molecule has 4 aromatic rings. The zero-order chi connectivity index (χ0) is 25.2. The van der Waals surface area contributed by atoms with Crippen LogP contribution < -0.4 is 10.1 Å². The number of thiazole rings is 1. The maximum absolute atomic E-state index is 13.2. The van der Waals surface area contributed by atoms with E-state index in [1.54, 1.807) is 18.2 Å². The normalized spacial score (nSPS) is 12.1. The number of rotatable bonds is 5. The number of aryl methyl sites for hydroxylation is 1. The number of nitrogens with one attached hydrogen (secondary N) is 1. The molecule has 9 nitrogen and oxygen atoms in total. The molecule has 2 amide bonds. The van der Waals surface area contributed by atoms with Gasteiger partial charge in [-0.1, -0.05) is 29.5 Å².